The van der Waals surface area contributed by atoms with Gasteiger partial charge in [-0.3, -0.25) is 4.79 Å². The number of hydrogen-bond acceptors (Lipinski definition) is 4. The molecule has 1 atom stereocenters. The second-order valence-corrected chi connectivity index (χ2v) is 6.34. The summed E-state index contributed by atoms with van der Waals surface area (Å²) in [6.07, 6.45) is 3.51. The molecule has 21 heavy (non-hydrogen) atoms. The number of benzene rings is 1. The smallest absolute Gasteiger partial charge is 0.241 e. The van der Waals surface area contributed by atoms with E-state index in [9.17, 15) is 13.2 Å². The van der Waals surface area contributed by atoms with Crippen molar-refractivity contribution in [1.29, 1.82) is 0 Å². The molecule has 2 aromatic rings. The van der Waals surface area contributed by atoms with Gasteiger partial charge in [0.15, 0.2) is 5.78 Å². The largest absolute Gasteiger partial charge is 0.347 e. The van der Waals surface area contributed by atoms with Crippen molar-refractivity contribution < 1.29 is 13.2 Å². The van der Waals surface area contributed by atoms with Gasteiger partial charge in [0, 0.05) is 24.4 Å². The molecule has 112 valence electrons. The fourth-order valence-corrected chi connectivity index (χ4v) is 3.16. The molecule has 0 aliphatic heterocycles. The van der Waals surface area contributed by atoms with Crippen molar-refractivity contribution in [3.8, 4) is 0 Å². The summed E-state index contributed by atoms with van der Waals surface area (Å²) in [5.74, 6) is 0.436. The Kier molecular flexibility index (Phi) is 4.54. The summed E-state index contributed by atoms with van der Waals surface area (Å²) in [6.45, 7) is 3.43. The average Bonchev–Trinajstić information content (AvgIpc) is 3.00. The number of carbonyl (C=O) groups is 1. The third kappa shape index (κ3) is 3.56. The zero-order valence-electron chi connectivity index (χ0n) is 11.8. The lowest BCUT2D eigenvalue weighted by Gasteiger charge is -2.12. The van der Waals surface area contributed by atoms with Crippen molar-refractivity contribution in [2.24, 2.45) is 0 Å². The number of carbonyl (C=O) groups excluding carboxylic acids is 1. The Labute approximate surface area is 123 Å². The van der Waals surface area contributed by atoms with Crippen molar-refractivity contribution in [1.82, 2.24) is 14.7 Å². The quantitative estimate of drug-likeness (QED) is 0.799. The molecule has 0 aliphatic carbocycles. The Morgan fingerprint density at radius 2 is 2.19 bits per heavy atom. The molecule has 0 fully saturated rings. The van der Waals surface area contributed by atoms with E-state index in [1.807, 2.05) is 0 Å². The molecule has 0 aliphatic rings. The van der Waals surface area contributed by atoms with Gasteiger partial charge in [-0.2, -0.15) is 0 Å². The van der Waals surface area contributed by atoms with Crippen molar-refractivity contribution >= 4 is 15.8 Å². The topological polar surface area (TPSA) is 91.9 Å². The van der Waals surface area contributed by atoms with Crippen LogP contribution in [0.15, 0.2) is 41.6 Å². The van der Waals surface area contributed by atoms with Crippen molar-refractivity contribution in [2.75, 3.05) is 0 Å². The Balaban J connectivity index is 2.25. The number of rotatable bonds is 6. The van der Waals surface area contributed by atoms with E-state index in [1.165, 1.54) is 12.1 Å². The molecule has 2 rings (SSSR count). The number of Topliss-reactive ketones (excluding diaryl/α,β-unsaturated/α-hetero) is 1. The molecule has 2 N–H and O–H groups in total. The van der Waals surface area contributed by atoms with E-state index < -0.39 is 16.1 Å². The molecule has 6 nitrogen and oxygen atoms in total. The maximum absolute atomic E-state index is 12.3. The molecule has 1 aromatic heterocycles. The summed E-state index contributed by atoms with van der Waals surface area (Å²) in [6, 6.07) is 5.54. The molecule has 0 amide bonds. The maximum atomic E-state index is 12.3. The molecule has 0 saturated carbocycles. The number of aromatic nitrogens is 2. The molecule has 0 bridgehead atoms. The van der Waals surface area contributed by atoms with Gasteiger partial charge in [-0.25, -0.2) is 18.1 Å². The number of nitrogens with zero attached hydrogens (tertiary/aromatic N) is 1. The molecule has 1 unspecified atom stereocenters. The summed E-state index contributed by atoms with van der Waals surface area (Å²) in [5, 5.41) is 0. The number of ketones is 1. The standard InChI is InChI=1S/C14H17N3O3S/c1-3-13(18)11-5-4-6-12(9-11)21(19,20)17-10(2)14-15-7-8-16-14/h4-10,17H,3H2,1-2H3,(H,15,16). The highest BCUT2D eigenvalue weighted by molar-refractivity contribution is 7.89. The van der Waals surface area contributed by atoms with Crippen LogP contribution in [0.2, 0.25) is 0 Å². The van der Waals surface area contributed by atoms with Gasteiger partial charge in [-0.05, 0) is 19.1 Å². The summed E-state index contributed by atoms with van der Waals surface area (Å²) in [5.41, 5.74) is 0.394. The number of hydrogen-bond donors (Lipinski definition) is 2. The van der Waals surface area contributed by atoms with E-state index in [2.05, 4.69) is 14.7 Å². The van der Waals surface area contributed by atoms with E-state index >= 15 is 0 Å². The first-order chi connectivity index (χ1) is 9.94. The highest BCUT2D eigenvalue weighted by atomic mass is 32.2. The molecular formula is C14H17N3O3S. The van der Waals surface area contributed by atoms with Crippen molar-refractivity contribution in [3.63, 3.8) is 0 Å². The SMILES string of the molecule is CCC(=O)c1cccc(S(=O)(=O)NC(C)c2ncc[nH]2)c1. The molecule has 1 heterocycles. The minimum absolute atomic E-state index is 0.0696. The van der Waals surface area contributed by atoms with Gasteiger partial charge in [0.25, 0.3) is 0 Å². The number of nitrogens with one attached hydrogen (secondary N) is 2. The van der Waals surface area contributed by atoms with Crippen LogP contribution in [0.4, 0.5) is 0 Å². The predicted molar refractivity (Wildman–Crippen MR) is 78.4 cm³/mol. The van der Waals surface area contributed by atoms with E-state index in [0.717, 1.165) is 0 Å². The monoisotopic (exact) mass is 307 g/mol. The number of sulfonamides is 1. The number of aromatic amines is 1. The zero-order valence-corrected chi connectivity index (χ0v) is 12.6. The molecular weight excluding hydrogens is 290 g/mol. The third-order valence-electron chi connectivity index (χ3n) is 3.05. The highest BCUT2D eigenvalue weighted by Gasteiger charge is 2.20. The van der Waals surface area contributed by atoms with Crippen LogP contribution in [0, 0.1) is 0 Å². The van der Waals surface area contributed by atoms with E-state index in [0.29, 0.717) is 17.8 Å². The Morgan fingerprint density at radius 1 is 1.43 bits per heavy atom. The van der Waals surface area contributed by atoms with Gasteiger partial charge < -0.3 is 4.98 Å². The van der Waals surface area contributed by atoms with Gasteiger partial charge in [0.05, 0.1) is 10.9 Å². The summed E-state index contributed by atoms with van der Waals surface area (Å²) < 4.78 is 27.2. The van der Waals surface area contributed by atoms with Gasteiger partial charge in [0.1, 0.15) is 5.82 Å². The highest BCUT2D eigenvalue weighted by Crippen LogP contribution is 2.16. The van der Waals surface area contributed by atoms with Crippen LogP contribution in [-0.2, 0) is 10.0 Å². The van der Waals surface area contributed by atoms with E-state index in [-0.39, 0.29) is 10.7 Å². The van der Waals surface area contributed by atoms with Crippen LogP contribution < -0.4 is 4.72 Å². The van der Waals surface area contributed by atoms with Crippen molar-refractivity contribution in [2.45, 2.75) is 31.2 Å². The van der Waals surface area contributed by atoms with E-state index in [1.54, 1.807) is 38.4 Å². The molecule has 0 saturated heterocycles. The van der Waals surface area contributed by atoms with Crippen LogP contribution in [0.5, 0.6) is 0 Å². The van der Waals surface area contributed by atoms with Crippen LogP contribution >= 0.6 is 0 Å². The normalized spacial score (nSPS) is 13.0. The van der Waals surface area contributed by atoms with Gasteiger partial charge in [0.2, 0.25) is 10.0 Å². The predicted octanol–water partition coefficient (Wildman–Crippen LogP) is 2.04. The minimum atomic E-state index is -3.71. The van der Waals surface area contributed by atoms with E-state index in [4.69, 9.17) is 0 Å². The van der Waals surface area contributed by atoms with Crippen LogP contribution in [0.25, 0.3) is 0 Å². The van der Waals surface area contributed by atoms with Crippen LogP contribution in [0.3, 0.4) is 0 Å². The lowest BCUT2D eigenvalue weighted by molar-refractivity contribution is 0.0988. The van der Waals surface area contributed by atoms with Crippen LogP contribution in [0.1, 0.15) is 42.5 Å². The first-order valence-corrected chi connectivity index (χ1v) is 8.07. The lowest BCUT2D eigenvalue weighted by atomic mass is 10.1. The summed E-state index contributed by atoms with van der Waals surface area (Å²) >= 11 is 0. The van der Waals surface area contributed by atoms with Crippen molar-refractivity contribution in [3.05, 3.63) is 48.0 Å². The number of H-pyrrole nitrogens is 1. The summed E-state index contributed by atoms with van der Waals surface area (Å²) in [4.78, 5) is 18.6. The third-order valence-corrected chi connectivity index (χ3v) is 4.59. The lowest BCUT2D eigenvalue weighted by Crippen LogP contribution is -2.27. The molecule has 0 radical (unpaired) electrons. The molecule has 0 spiro atoms. The maximum Gasteiger partial charge on any atom is 0.241 e. The summed E-state index contributed by atoms with van der Waals surface area (Å²) in [7, 11) is -3.71. The van der Waals surface area contributed by atoms with Gasteiger partial charge >= 0.3 is 0 Å². The fourth-order valence-electron chi connectivity index (χ4n) is 1.91. The first kappa shape index (κ1) is 15.4. The first-order valence-electron chi connectivity index (χ1n) is 6.59. The average molecular weight is 307 g/mol. The molecule has 1 aromatic carbocycles. The minimum Gasteiger partial charge on any atom is -0.347 e. The Hall–Kier alpha value is -1.99. The van der Waals surface area contributed by atoms with Gasteiger partial charge in [-0.1, -0.05) is 19.1 Å². The molecule has 7 heteroatoms. The fraction of sp³-hybridized carbons (Fsp3) is 0.286. The Morgan fingerprint density at radius 3 is 2.81 bits per heavy atom. The van der Waals surface area contributed by atoms with Gasteiger partial charge in [-0.15, -0.1) is 0 Å². The zero-order chi connectivity index (χ0) is 15.5. The second kappa shape index (κ2) is 6.19. The Bertz CT molecular complexity index is 724. The van der Waals surface area contributed by atoms with Crippen LogP contribution in [-0.4, -0.2) is 24.2 Å². The number of imidazole rings is 1. The second-order valence-electron chi connectivity index (χ2n) is 4.62.